The second-order valence-corrected chi connectivity index (χ2v) is 4.09. The topological polar surface area (TPSA) is 100 Å². The summed E-state index contributed by atoms with van der Waals surface area (Å²) in [5, 5.41) is 3.84. The van der Waals surface area contributed by atoms with E-state index in [0.717, 1.165) is 0 Å². The van der Waals surface area contributed by atoms with Crippen molar-refractivity contribution in [3.63, 3.8) is 0 Å². The Morgan fingerprint density at radius 3 is 1.80 bits per heavy atom. The van der Waals surface area contributed by atoms with E-state index in [1.165, 1.54) is 0 Å². The third-order valence-corrected chi connectivity index (χ3v) is 2.68. The zero-order valence-electron chi connectivity index (χ0n) is 4.28. The number of halogens is 2. The van der Waals surface area contributed by atoms with E-state index in [0.29, 0.717) is 0 Å². The Labute approximate surface area is 57.5 Å². The second kappa shape index (κ2) is 2.49. The summed E-state index contributed by atoms with van der Waals surface area (Å²) >= 11 is -4.04. The highest BCUT2D eigenvalue weighted by Crippen LogP contribution is 2.21. The molecule has 5 nitrogen and oxygen atoms in total. The third-order valence-electron chi connectivity index (χ3n) is 0.525. The van der Waals surface area contributed by atoms with Crippen LogP contribution in [-0.2, 0) is 21.1 Å². The van der Waals surface area contributed by atoms with Gasteiger partial charge in [0.2, 0.25) is 0 Å². The lowest BCUT2D eigenvalue weighted by Gasteiger charge is -2.15. The van der Waals surface area contributed by atoms with Crippen LogP contribution in [0.25, 0.3) is 0 Å². The van der Waals surface area contributed by atoms with Crippen molar-refractivity contribution in [1.82, 2.24) is 0 Å². The maximum absolute atomic E-state index is 11.7. The van der Waals surface area contributed by atoms with Crippen LogP contribution in [0.1, 0.15) is 0 Å². The van der Waals surface area contributed by atoms with Crippen LogP contribution >= 0.6 is 0 Å². The molecule has 2 N–H and O–H groups in total. The summed E-state index contributed by atoms with van der Waals surface area (Å²) in [5.41, 5.74) is 0. The first-order valence-electron chi connectivity index (χ1n) is 1.69. The summed E-state index contributed by atoms with van der Waals surface area (Å²) in [6.07, 6.45) is 0. The Hall–Kier alpha value is -0.120. The molecule has 0 heterocycles. The van der Waals surface area contributed by atoms with E-state index < -0.39 is 25.7 Å². The van der Waals surface area contributed by atoms with Crippen molar-refractivity contribution in [1.29, 1.82) is 0 Å². The van der Waals surface area contributed by atoms with Gasteiger partial charge in [-0.25, -0.2) is 13.6 Å². The normalized spacial score (nSPS) is 16.8. The van der Waals surface area contributed by atoms with Gasteiger partial charge in [0, 0.05) is 11.1 Å². The first-order chi connectivity index (χ1) is 4.19. The molecule has 62 valence electrons. The van der Waals surface area contributed by atoms with Crippen LogP contribution < -0.4 is 5.14 Å². The van der Waals surface area contributed by atoms with E-state index >= 15 is 0 Å². The Bertz CT molecular complexity index is 244. The minimum atomic E-state index is -5.35. The van der Waals surface area contributed by atoms with Gasteiger partial charge < -0.3 is 4.55 Å². The third kappa shape index (κ3) is 1.68. The molecular formula is CH2F2NO4S2-. The number of sulfonamides is 1. The molecule has 0 aliphatic carbocycles. The van der Waals surface area contributed by atoms with Gasteiger partial charge in [0.1, 0.15) is 0 Å². The predicted octanol–water partition coefficient (Wildman–Crippen LogP) is -1.30. The number of hydrogen-bond acceptors (Lipinski definition) is 4. The van der Waals surface area contributed by atoms with Gasteiger partial charge in [-0.2, -0.15) is 8.78 Å². The van der Waals surface area contributed by atoms with E-state index in [1.54, 1.807) is 0 Å². The fraction of sp³-hybridized carbons (Fsp3) is 1.00. The molecule has 0 aromatic heterocycles. The van der Waals surface area contributed by atoms with E-state index in [-0.39, 0.29) is 0 Å². The van der Waals surface area contributed by atoms with Gasteiger partial charge in [0.15, 0.2) is 0 Å². The Morgan fingerprint density at radius 2 is 1.80 bits per heavy atom. The Kier molecular flexibility index (Phi) is 2.46. The molecule has 1 unspecified atom stereocenters. The number of hydrogen-bond donors (Lipinski definition) is 1. The van der Waals surface area contributed by atoms with E-state index in [1.807, 2.05) is 0 Å². The molecule has 0 aliphatic rings. The molecule has 0 bridgehead atoms. The van der Waals surface area contributed by atoms with Crippen molar-refractivity contribution in [2.75, 3.05) is 0 Å². The van der Waals surface area contributed by atoms with Crippen LogP contribution in [0.3, 0.4) is 0 Å². The average Bonchev–Trinajstić information content (AvgIpc) is 1.62. The smallest absolute Gasteiger partial charge is 0.421 e. The second-order valence-electron chi connectivity index (χ2n) is 1.24. The van der Waals surface area contributed by atoms with Gasteiger partial charge in [-0.1, -0.05) is 0 Å². The van der Waals surface area contributed by atoms with Crippen LogP contribution in [0.15, 0.2) is 0 Å². The minimum absolute atomic E-state index is 3.84. The molecule has 0 saturated carbocycles. The summed E-state index contributed by atoms with van der Waals surface area (Å²) in [4.78, 5) is 0. The molecular weight excluding hydrogens is 192 g/mol. The van der Waals surface area contributed by atoms with Crippen LogP contribution in [0, 0.1) is 0 Å². The molecule has 0 amide bonds. The zero-order chi connectivity index (χ0) is 8.58. The largest absolute Gasteiger partial charge is 0.767 e. The molecule has 1 atom stereocenters. The van der Waals surface area contributed by atoms with Crippen molar-refractivity contribution in [3.05, 3.63) is 0 Å². The van der Waals surface area contributed by atoms with Crippen molar-refractivity contribution in [2.45, 2.75) is 4.59 Å². The van der Waals surface area contributed by atoms with Crippen molar-refractivity contribution in [2.24, 2.45) is 5.14 Å². The molecule has 0 aromatic rings. The first-order valence-corrected chi connectivity index (χ1v) is 4.31. The highest BCUT2D eigenvalue weighted by Gasteiger charge is 2.44. The predicted molar refractivity (Wildman–Crippen MR) is 27.0 cm³/mol. The highest BCUT2D eigenvalue weighted by atomic mass is 32.3. The number of rotatable bonds is 2. The fourth-order valence-corrected chi connectivity index (χ4v) is 0.854. The van der Waals surface area contributed by atoms with Gasteiger partial charge in [-0.3, -0.25) is 4.21 Å². The van der Waals surface area contributed by atoms with Crippen LogP contribution in [0.4, 0.5) is 8.78 Å². The maximum atomic E-state index is 11.7. The Balaban J connectivity index is 4.95. The van der Waals surface area contributed by atoms with Gasteiger partial charge >= 0.3 is 4.59 Å². The molecule has 0 rings (SSSR count). The lowest BCUT2D eigenvalue weighted by atomic mass is 11.6. The minimum Gasteiger partial charge on any atom is -0.767 e. The van der Waals surface area contributed by atoms with Gasteiger partial charge in [-0.05, 0) is 0 Å². The van der Waals surface area contributed by atoms with Crippen LogP contribution in [0.5, 0.6) is 0 Å². The lowest BCUT2D eigenvalue weighted by Crippen LogP contribution is -2.38. The molecule has 0 aromatic carbocycles. The highest BCUT2D eigenvalue weighted by molar-refractivity contribution is 8.03. The molecule has 9 heteroatoms. The summed E-state index contributed by atoms with van der Waals surface area (Å²) in [6, 6.07) is 0. The molecule has 10 heavy (non-hydrogen) atoms. The summed E-state index contributed by atoms with van der Waals surface area (Å²) in [7, 11) is -5.35. The quantitative estimate of drug-likeness (QED) is 0.552. The lowest BCUT2D eigenvalue weighted by molar-refractivity contribution is 0.176. The first kappa shape index (κ1) is 9.88. The molecule has 0 spiro atoms. The van der Waals surface area contributed by atoms with E-state index in [2.05, 4.69) is 5.14 Å². The van der Waals surface area contributed by atoms with Gasteiger partial charge in [-0.15, -0.1) is 0 Å². The molecule has 0 saturated heterocycles. The van der Waals surface area contributed by atoms with E-state index in [9.17, 15) is 26.0 Å². The van der Waals surface area contributed by atoms with Crippen molar-refractivity contribution in [3.8, 4) is 0 Å². The van der Waals surface area contributed by atoms with Crippen molar-refractivity contribution >= 4 is 21.1 Å². The van der Waals surface area contributed by atoms with Crippen molar-refractivity contribution < 1.29 is 26.0 Å². The standard InChI is InChI=1S/CH3F2NO4S2/c2-1(3,9(5)6)10(4,7)8/h(H,5,6)(H2,4,7,8)/p-1. The zero-order valence-corrected chi connectivity index (χ0v) is 5.92. The van der Waals surface area contributed by atoms with Gasteiger partial charge in [0.05, 0.1) is 0 Å². The average molecular weight is 194 g/mol. The molecule has 0 fully saturated rings. The van der Waals surface area contributed by atoms with Crippen LogP contribution in [-0.4, -0.2) is 21.8 Å². The Morgan fingerprint density at radius 1 is 1.50 bits per heavy atom. The molecule has 0 radical (unpaired) electrons. The number of nitrogens with two attached hydrogens (primary N) is 1. The number of primary sulfonamides is 1. The summed E-state index contributed by atoms with van der Waals surface area (Å²) in [6.45, 7) is 0. The van der Waals surface area contributed by atoms with Gasteiger partial charge in [0.25, 0.3) is 10.0 Å². The van der Waals surface area contributed by atoms with E-state index in [4.69, 9.17) is 0 Å². The summed E-state index contributed by atoms with van der Waals surface area (Å²) < 4.78 is 56.9. The SMILES string of the molecule is NS(=O)(=O)C(F)(F)S(=O)[O-]. The molecule has 0 aliphatic heterocycles. The monoisotopic (exact) mass is 194 g/mol. The summed E-state index contributed by atoms with van der Waals surface area (Å²) in [5.74, 6) is 0. The number of alkyl halides is 2. The van der Waals surface area contributed by atoms with Crippen LogP contribution in [0.2, 0.25) is 0 Å². The maximum Gasteiger partial charge on any atom is 0.421 e. The fourth-order valence-electron chi connectivity index (χ4n) is 0.0948.